The fourth-order valence-electron chi connectivity index (χ4n) is 10.7. The SMILES string of the molecule is C[C@]12CC[C@H]3[C@]4(C=C[C@@]5(C=C4C(=O)c4ccccc4)CC(O)CC[C@]35C)[C@@H]1CC[C@@]2(O)CN(Cc1ccccc1)S(C)(=O)=O. The van der Waals surface area contributed by atoms with Crippen molar-refractivity contribution < 1.29 is 23.4 Å². The van der Waals surface area contributed by atoms with E-state index in [4.69, 9.17) is 0 Å². The number of carbonyl (C=O) groups excluding carboxylic acids is 1. The summed E-state index contributed by atoms with van der Waals surface area (Å²) < 4.78 is 27.7. The Kier molecular flexibility index (Phi) is 6.81. The van der Waals surface area contributed by atoms with Crippen LogP contribution in [0.1, 0.15) is 74.7 Å². The van der Waals surface area contributed by atoms with Gasteiger partial charge in [-0.25, -0.2) is 8.42 Å². The fraction of sp³-hybridized carbons (Fsp3) is 0.541. The highest BCUT2D eigenvalue weighted by Gasteiger charge is 2.74. The zero-order valence-electron chi connectivity index (χ0n) is 26.1. The molecule has 0 aromatic heterocycles. The highest BCUT2D eigenvalue weighted by molar-refractivity contribution is 7.88. The predicted molar refractivity (Wildman–Crippen MR) is 171 cm³/mol. The van der Waals surface area contributed by atoms with Crippen LogP contribution in [-0.2, 0) is 16.6 Å². The van der Waals surface area contributed by atoms with Gasteiger partial charge in [0.05, 0.1) is 18.0 Å². The molecule has 7 heteroatoms. The summed E-state index contributed by atoms with van der Waals surface area (Å²) in [6.07, 6.45) is 12.7. The number of aliphatic hydroxyl groups is 2. The van der Waals surface area contributed by atoms with Gasteiger partial charge >= 0.3 is 0 Å². The van der Waals surface area contributed by atoms with Crippen molar-refractivity contribution >= 4 is 15.8 Å². The summed E-state index contributed by atoms with van der Waals surface area (Å²) in [5.74, 6) is 0.188. The molecule has 0 amide bonds. The molecule has 2 spiro atoms. The molecule has 8 atom stereocenters. The van der Waals surface area contributed by atoms with Gasteiger partial charge in [0.25, 0.3) is 0 Å². The predicted octanol–water partition coefficient (Wildman–Crippen LogP) is 5.92. The number of sulfonamides is 1. The van der Waals surface area contributed by atoms with Gasteiger partial charge in [0.2, 0.25) is 10.0 Å². The molecule has 8 rings (SSSR count). The summed E-state index contributed by atoms with van der Waals surface area (Å²) in [4.78, 5) is 14.5. The molecule has 3 saturated carbocycles. The van der Waals surface area contributed by atoms with Crippen LogP contribution in [0.5, 0.6) is 0 Å². The number of hydrogen-bond acceptors (Lipinski definition) is 5. The minimum atomic E-state index is -3.61. The fourth-order valence-corrected chi connectivity index (χ4v) is 11.5. The molecular weight excluding hydrogens is 570 g/mol. The van der Waals surface area contributed by atoms with E-state index >= 15 is 0 Å². The number of carbonyl (C=O) groups is 1. The number of Topliss-reactive ketones (excluding diaryl/α,β-unsaturated/α-hetero) is 1. The Balaban J connectivity index is 1.33. The average molecular weight is 616 g/mol. The highest BCUT2D eigenvalue weighted by Crippen LogP contribution is 2.78. The van der Waals surface area contributed by atoms with Gasteiger partial charge in [0.1, 0.15) is 0 Å². The van der Waals surface area contributed by atoms with E-state index in [2.05, 4.69) is 32.1 Å². The van der Waals surface area contributed by atoms with Crippen LogP contribution in [-0.4, -0.2) is 53.2 Å². The van der Waals surface area contributed by atoms with Gasteiger partial charge in [-0.05, 0) is 67.8 Å². The van der Waals surface area contributed by atoms with Crippen LogP contribution in [0.2, 0.25) is 0 Å². The second kappa shape index (κ2) is 9.96. The molecule has 0 heterocycles. The summed E-state index contributed by atoms with van der Waals surface area (Å²) in [5, 5.41) is 23.6. The van der Waals surface area contributed by atoms with Crippen LogP contribution in [0.15, 0.2) is 84.5 Å². The molecule has 6 aliphatic carbocycles. The molecule has 2 bridgehead atoms. The molecule has 0 radical (unpaired) electrons. The topological polar surface area (TPSA) is 94.9 Å². The van der Waals surface area contributed by atoms with Crippen LogP contribution in [0.25, 0.3) is 0 Å². The first-order chi connectivity index (χ1) is 20.8. The van der Waals surface area contributed by atoms with Crippen LogP contribution in [0, 0.1) is 33.5 Å². The van der Waals surface area contributed by atoms with Crippen LogP contribution in [0.4, 0.5) is 0 Å². The summed E-state index contributed by atoms with van der Waals surface area (Å²) in [5.41, 5.74) is -0.573. The summed E-state index contributed by atoms with van der Waals surface area (Å²) in [6.45, 7) is 4.76. The molecule has 2 aromatic carbocycles. The Morgan fingerprint density at radius 3 is 2.18 bits per heavy atom. The Labute approximate surface area is 261 Å². The minimum Gasteiger partial charge on any atom is -0.393 e. The molecule has 0 saturated heterocycles. The number of benzene rings is 2. The number of allylic oxidation sites excluding steroid dienone is 4. The molecule has 6 aliphatic rings. The van der Waals surface area contributed by atoms with Gasteiger partial charge in [0, 0.05) is 40.5 Å². The maximum Gasteiger partial charge on any atom is 0.211 e. The van der Waals surface area contributed by atoms with Gasteiger partial charge in [0.15, 0.2) is 5.78 Å². The number of nitrogens with zero attached hydrogens (tertiary/aromatic N) is 1. The maximum atomic E-state index is 14.5. The Hall–Kier alpha value is -2.58. The summed E-state index contributed by atoms with van der Waals surface area (Å²) >= 11 is 0. The van der Waals surface area contributed by atoms with Gasteiger partial charge in [-0.3, -0.25) is 4.79 Å². The molecular formula is C37H45NO5S. The van der Waals surface area contributed by atoms with Crippen molar-refractivity contribution in [2.45, 2.75) is 77.0 Å². The number of ketones is 1. The molecule has 3 fully saturated rings. The highest BCUT2D eigenvalue weighted by atomic mass is 32.2. The number of rotatable bonds is 7. The van der Waals surface area contributed by atoms with Gasteiger partial charge in [-0.15, -0.1) is 0 Å². The molecule has 2 N–H and O–H groups in total. The van der Waals surface area contributed by atoms with E-state index in [1.54, 1.807) is 0 Å². The van der Waals surface area contributed by atoms with Crippen LogP contribution >= 0.6 is 0 Å². The van der Waals surface area contributed by atoms with Crippen molar-refractivity contribution in [2.75, 3.05) is 12.8 Å². The third-order valence-corrected chi connectivity index (χ3v) is 14.3. The van der Waals surface area contributed by atoms with E-state index < -0.39 is 32.6 Å². The second-order valence-electron chi connectivity index (χ2n) is 15.0. The first kappa shape index (κ1) is 30.1. The van der Waals surface area contributed by atoms with Crippen LogP contribution < -0.4 is 0 Å². The lowest BCUT2D eigenvalue weighted by Gasteiger charge is -2.71. The zero-order chi connectivity index (χ0) is 31.2. The Morgan fingerprint density at radius 2 is 1.50 bits per heavy atom. The van der Waals surface area contributed by atoms with Gasteiger partial charge < -0.3 is 10.2 Å². The first-order valence-electron chi connectivity index (χ1n) is 16.2. The molecule has 44 heavy (non-hydrogen) atoms. The van der Waals surface area contributed by atoms with E-state index in [-0.39, 0.29) is 41.5 Å². The summed E-state index contributed by atoms with van der Waals surface area (Å²) in [7, 11) is -3.61. The maximum absolute atomic E-state index is 14.5. The molecule has 234 valence electrons. The Bertz CT molecular complexity index is 1640. The number of fused-ring (bicyclic) bond motifs is 1. The van der Waals surface area contributed by atoms with Crippen molar-refractivity contribution in [3.63, 3.8) is 0 Å². The Morgan fingerprint density at radius 1 is 0.886 bits per heavy atom. The third kappa shape index (κ3) is 4.08. The van der Waals surface area contributed by atoms with Crippen molar-refractivity contribution in [2.24, 2.45) is 33.5 Å². The molecule has 0 aliphatic heterocycles. The molecule has 1 unspecified atom stereocenters. The zero-order valence-corrected chi connectivity index (χ0v) is 26.9. The van der Waals surface area contributed by atoms with Gasteiger partial charge in [-0.2, -0.15) is 4.31 Å². The minimum absolute atomic E-state index is 0.0251. The van der Waals surface area contributed by atoms with E-state index in [1.807, 2.05) is 60.7 Å². The normalized spacial score (nSPS) is 40.7. The van der Waals surface area contributed by atoms with Gasteiger partial charge in [-0.1, -0.05) is 92.7 Å². The third-order valence-electron chi connectivity index (χ3n) is 13.1. The monoisotopic (exact) mass is 615 g/mol. The van der Waals surface area contributed by atoms with Crippen molar-refractivity contribution in [3.8, 4) is 0 Å². The molecule has 6 nitrogen and oxygen atoms in total. The summed E-state index contributed by atoms with van der Waals surface area (Å²) in [6, 6.07) is 19.0. The first-order valence-corrected chi connectivity index (χ1v) is 18.1. The lowest BCUT2D eigenvalue weighted by Crippen LogP contribution is -2.67. The number of aliphatic hydroxyl groups excluding tert-OH is 1. The number of hydrogen-bond donors (Lipinski definition) is 2. The van der Waals surface area contributed by atoms with Crippen molar-refractivity contribution in [1.29, 1.82) is 0 Å². The standard InChI is InChI=1S/C37H45NO5S/c1-33-17-14-28(39)22-35(33)20-21-37(29(23-35)32(40)27-12-8-5-9-13-27)30(33)15-18-34(2)31(37)16-19-36(34,41)25-38(44(3,42)43)24-26-10-6-4-7-11-26/h4-13,20-21,23,28,30-31,39,41H,14-19,22,24-25H2,1-3H3/t28?,30-,31-,33-,34+,35+,36-,37-/m1/s1. The van der Waals surface area contributed by atoms with E-state index in [1.165, 1.54) is 10.6 Å². The van der Waals surface area contributed by atoms with E-state index in [9.17, 15) is 23.4 Å². The van der Waals surface area contributed by atoms with Crippen LogP contribution in [0.3, 0.4) is 0 Å². The van der Waals surface area contributed by atoms with Crippen molar-refractivity contribution in [1.82, 2.24) is 4.31 Å². The molecule has 2 aromatic rings. The lowest BCUT2D eigenvalue weighted by molar-refractivity contribution is -0.173. The van der Waals surface area contributed by atoms with E-state index in [0.29, 0.717) is 24.8 Å². The van der Waals surface area contributed by atoms with E-state index in [0.717, 1.165) is 36.8 Å². The van der Waals surface area contributed by atoms with Crippen molar-refractivity contribution in [3.05, 3.63) is 95.6 Å². The quantitative estimate of drug-likeness (QED) is 0.298. The largest absolute Gasteiger partial charge is 0.393 e. The second-order valence-corrected chi connectivity index (χ2v) is 17.0. The average Bonchev–Trinajstić information content (AvgIpc) is 3.27. The smallest absolute Gasteiger partial charge is 0.211 e. The lowest BCUT2D eigenvalue weighted by atomic mass is 9.32.